The quantitative estimate of drug-likeness (QED) is 0.790. The van der Waals surface area contributed by atoms with Crippen molar-refractivity contribution in [2.45, 2.75) is 55.8 Å². The van der Waals surface area contributed by atoms with Gasteiger partial charge in [-0.3, -0.25) is 0 Å². The Bertz CT molecular complexity index is 596. The molecule has 6 heteroatoms. The largest absolute Gasteiger partial charge is 0.244 e. The maximum Gasteiger partial charge on any atom is 0.244 e. The molecule has 2 heterocycles. The van der Waals surface area contributed by atoms with Crippen LogP contribution in [0.5, 0.6) is 0 Å². The molecule has 3 rings (SSSR count). The zero-order valence-electron chi connectivity index (χ0n) is 11.6. The number of aryl methyl sites for hydroxylation is 1. The van der Waals surface area contributed by atoms with Crippen molar-refractivity contribution in [2.24, 2.45) is 5.92 Å². The summed E-state index contributed by atoms with van der Waals surface area (Å²) in [6, 6.07) is 0.219. The summed E-state index contributed by atoms with van der Waals surface area (Å²) < 4.78 is 27.8. The van der Waals surface area contributed by atoms with Gasteiger partial charge in [0.25, 0.3) is 0 Å². The Kier molecular flexibility index (Phi) is 4.15. The van der Waals surface area contributed by atoms with Crippen molar-refractivity contribution in [3.05, 3.63) is 15.8 Å². The first kappa shape index (κ1) is 14.8. The molecule has 0 amide bonds. The number of rotatable bonds is 3. The van der Waals surface area contributed by atoms with E-state index in [9.17, 15) is 8.42 Å². The van der Waals surface area contributed by atoms with Gasteiger partial charge in [0.2, 0.25) is 10.0 Å². The average molecular weight is 334 g/mol. The first-order chi connectivity index (χ1) is 9.55. The highest BCUT2D eigenvalue weighted by Gasteiger charge is 2.43. The van der Waals surface area contributed by atoms with Gasteiger partial charge < -0.3 is 0 Å². The number of thiophene rings is 1. The second-order valence-corrected chi connectivity index (χ2v) is 8.88. The molecule has 0 aromatic carbocycles. The molecule has 2 fully saturated rings. The minimum absolute atomic E-state index is 0.219. The van der Waals surface area contributed by atoms with Gasteiger partial charge in [0.1, 0.15) is 4.90 Å². The summed E-state index contributed by atoms with van der Waals surface area (Å²) in [5.74, 6) is 0.839. The van der Waals surface area contributed by atoms with E-state index < -0.39 is 10.0 Å². The van der Waals surface area contributed by atoms with E-state index in [0.29, 0.717) is 17.4 Å². The smallest absolute Gasteiger partial charge is 0.207 e. The highest BCUT2D eigenvalue weighted by atomic mass is 35.5. The average Bonchev–Trinajstić information content (AvgIpc) is 3.02. The fourth-order valence-corrected chi connectivity index (χ4v) is 7.45. The van der Waals surface area contributed by atoms with Gasteiger partial charge in [-0.2, -0.15) is 4.31 Å². The van der Waals surface area contributed by atoms with Crippen LogP contribution in [0.15, 0.2) is 10.3 Å². The summed E-state index contributed by atoms with van der Waals surface area (Å²) in [5, 5.41) is 1.90. The molecule has 2 aliphatic rings. The molecule has 3 nitrogen and oxygen atoms in total. The van der Waals surface area contributed by atoms with Gasteiger partial charge in [-0.25, -0.2) is 8.42 Å². The molecule has 1 saturated heterocycles. The van der Waals surface area contributed by atoms with Crippen LogP contribution in [0.1, 0.15) is 42.5 Å². The van der Waals surface area contributed by atoms with E-state index in [4.69, 9.17) is 11.6 Å². The summed E-state index contributed by atoms with van der Waals surface area (Å²) in [5.41, 5.74) is 0.838. The van der Waals surface area contributed by atoms with Gasteiger partial charge in [-0.15, -0.1) is 22.9 Å². The lowest BCUT2D eigenvalue weighted by molar-refractivity contribution is 0.260. The van der Waals surface area contributed by atoms with Crippen molar-refractivity contribution in [2.75, 3.05) is 6.54 Å². The molecule has 112 valence electrons. The molecule has 2 unspecified atom stereocenters. The van der Waals surface area contributed by atoms with Crippen molar-refractivity contribution >= 4 is 33.0 Å². The Morgan fingerprint density at radius 2 is 2.10 bits per heavy atom. The molecule has 1 aromatic heterocycles. The van der Waals surface area contributed by atoms with Crippen LogP contribution < -0.4 is 0 Å². The van der Waals surface area contributed by atoms with Crippen LogP contribution in [0, 0.1) is 12.8 Å². The van der Waals surface area contributed by atoms with Crippen LogP contribution in [-0.2, 0) is 15.9 Å². The number of halogens is 1. The minimum Gasteiger partial charge on any atom is -0.207 e. The van der Waals surface area contributed by atoms with Crippen molar-refractivity contribution in [3.8, 4) is 0 Å². The second kappa shape index (κ2) is 5.59. The molecule has 1 aliphatic carbocycles. The van der Waals surface area contributed by atoms with Crippen LogP contribution in [0.25, 0.3) is 0 Å². The fraction of sp³-hybridized carbons (Fsp3) is 0.714. The van der Waals surface area contributed by atoms with Gasteiger partial charge in [-0.1, -0.05) is 12.8 Å². The summed E-state index contributed by atoms with van der Waals surface area (Å²) in [6.07, 6.45) is 5.62. The van der Waals surface area contributed by atoms with Crippen LogP contribution in [0.3, 0.4) is 0 Å². The predicted molar refractivity (Wildman–Crippen MR) is 82.9 cm³/mol. The van der Waals surface area contributed by atoms with Crippen LogP contribution >= 0.6 is 22.9 Å². The lowest BCUT2D eigenvalue weighted by Crippen LogP contribution is -2.39. The third kappa shape index (κ3) is 2.32. The molecule has 20 heavy (non-hydrogen) atoms. The van der Waals surface area contributed by atoms with Crippen molar-refractivity contribution in [1.82, 2.24) is 4.31 Å². The number of hydrogen-bond acceptors (Lipinski definition) is 3. The molecular weight excluding hydrogens is 314 g/mol. The number of hydrogen-bond donors (Lipinski definition) is 0. The Morgan fingerprint density at radius 1 is 1.35 bits per heavy atom. The molecule has 0 spiro atoms. The number of fused-ring (bicyclic) bond motifs is 1. The van der Waals surface area contributed by atoms with Gasteiger partial charge >= 0.3 is 0 Å². The Morgan fingerprint density at radius 3 is 2.85 bits per heavy atom. The molecule has 0 bridgehead atoms. The van der Waals surface area contributed by atoms with Gasteiger partial charge in [0, 0.05) is 17.5 Å². The Hall–Kier alpha value is -0.100. The molecule has 0 N–H and O–H groups in total. The highest BCUT2D eigenvalue weighted by Crippen LogP contribution is 2.41. The van der Waals surface area contributed by atoms with Crippen LogP contribution in [0.4, 0.5) is 0 Å². The van der Waals surface area contributed by atoms with E-state index in [1.807, 2.05) is 12.3 Å². The predicted octanol–water partition coefficient (Wildman–Crippen LogP) is 3.75. The topological polar surface area (TPSA) is 37.4 Å². The van der Waals surface area contributed by atoms with Crippen molar-refractivity contribution in [1.29, 1.82) is 0 Å². The molecular formula is C14H20ClNO2S2. The molecule has 1 aliphatic heterocycles. The summed E-state index contributed by atoms with van der Waals surface area (Å²) in [7, 11) is -3.38. The SMILES string of the molecule is Cc1csc(CCl)c1S(=O)(=O)N1CCC2CCCCC21. The summed E-state index contributed by atoms with van der Waals surface area (Å²) >= 11 is 7.38. The first-order valence-corrected chi connectivity index (χ1v) is 10.1. The molecule has 1 aromatic rings. The monoisotopic (exact) mass is 333 g/mol. The lowest BCUT2D eigenvalue weighted by atomic mass is 9.86. The standard InChI is InChI=1S/C14H20ClNO2S2/c1-10-9-19-13(8-15)14(10)20(17,18)16-7-6-11-4-2-3-5-12(11)16/h9,11-12H,2-8H2,1H3. The molecule has 0 radical (unpaired) electrons. The van der Waals surface area contributed by atoms with Crippen molar-refractivity contribution in [3.63, 3.8) is 0 Å². The van der Waals surface area contributed by atoms with E-state index in [2.05, 4.69) is 0 Å². The highest BCUT2D eigenvalue weighted by molar-refractivity contribution is 7.89. The Balaban J connectivity index is 1.98. The van der Waals surface area contributed by atoms with Gasteiger partial charge in [-0.05, 0) is 43.0 Å². The lowest BCUT2D eigenvalue weighted by Gasteiger charge is -2.31. The van der Waals surface area contributed by atoms with E-state index in [0.717, 1.165) is 29.7 Å². The molecule has 1 saturated carbocycles. The van der Waals surface area contributed by atoms with Crippen molar-refractivity contribution < 1.29 is 8.42 Å². The van der Waals surface area contributed by atoms with E-state index in [1.54, 1.807) is 4.31 Å². The summed E-state index contributed by atoms with van der Waals surface area (Å²) in [6.45, 7) is 2.54. The number of nitrogens with zero attached hydrogens (tertiary/aromatic N) is 1. The van der Waals surface area contributed by atoms with E-state index in [1.165, 1.54) is 24.2 Å². The zero-order valence-corrected chi connectivity index (χ0v) is 14.0. The third-order valence-electron chi connectivity index (χ3n) is 4.64. The normalized spacial score (nSPS) is 27.7. The minimum atomic E-state index is -3.38. The van der Waals surface area contributed by atoms with E-state index in [-0.39, 0.29) is 11.9 Å². The Labute approximate surface area is 130 Å². The van der Waals surface area contributed by atoms with Crippen LogP contribution in [-0.4, -0.2) is 25.3 Å². The number of sulfonamides is 1. The van der Waals surface area contributed by atoms with Gasteiger partial charge in [0.15, 0.2) is 0 Å². The fourth-order valence-electron chi connectivity index (χ4n) is 3.70. The van der Waals surface area contributed by atoms with Gasteiger partial charge in [0.05, 0.1) is 5.88 Å². The second-order valence-electron chi connectivity index (χ2n) is 5.82. The maximum absolute atomic E-state index is 13.0. The summed E-state index contributed by atoms with van der Waals surface area (Å²) in [4.78, 5) is 1.26. The number of alkyl halides is 1. The first-order valence-electron chi connectivity index (χ1n) is 7.20. The molecule has 2 atom stereocenters. The maximum atomic E-state index is 13.0. The third-order valence-corrected chi connectivity index (χ3v) is 8.45. The zero-order chi connectivity index (χ0) is 14.3. The van der Waals surface area contributed by atoms with E-state index >= 15 is 0 Å². The van der Waals surface area contributed by atoms with Crippen LogP contribution in [0.2, 0.25) is 0 Å².